The SMILES string of the molecule is COc1ccc(CNOCc2ccc(O)cc2)c(OC)c1. The van der Waals surface area contributed by atoms with Gasteiger partial charge in [-0.15, -0.1) is 0 Å². The Balaban J connectivity index is 1.84. The fourth-order valence-electron chi connectivity index (χ4n) is 1.85. The second-order valence-electron chi connectivity index (χ2n) is 4.45. The molecule has 0 aromatic heterocycles. The molecule has 5 heteroatoms. The fraction of sp³-hybridized carbons (Fsp3) is 0.250. The molecule has 0 saturated heterocycles. The Hall–Kier alpha value is -2.24. The van der Waals surface area contributed by atoms with E-state index < -0.39 is 0 Å². The van der Waals surface area contributed by atoms with Gasteiger partial charge in [-0.25, -0.2) is 0 Å². The van der Waals surface area contributed by atoms with E-state index in [0.717, 1.165) is 22.6 Å². The van der Waals surface area contributed by atoms with Gasteiger partial charge in [-0.3, -0.25) is 4.84 Å². The summed E-state index contributed by atoms with van der Waals surface area (Å²) in [6.07, 6.45) is 0. The maximum Gasteiger partial charge on any atom is 0.127 e. The van der Waals surface area contributed by atoms with Gasteiger partial charge >= 0.3 is 0 Å². The van der Waals surface area contributed by atoms with Crippen LogP contribution in [-0.4, -0.2) is 19.3 Å². The monoisotopic (exact) mass is 289 g/mol. The van der Waals surface area contributed by atoms with E-state index in [-0.39, 0.29) is 5.75 Å². The smallest absolute Gasteiger partial charge is 0.127 e. The van der Waals surface area contributed by atoms with Crippen LogP contribution in [0.15, 0.2) is 42.5 Å². The third kappa shape index (κ3) is 4.37. The van der Waals surface area contributed by atoms with Crippen LogP contribution >= 0.6 is 0 Å². The van der Waals surface area contributed by atoms with E-state index in [2.05, 4.69) is 5.48 Å². The topological polar surface area (TPSA) is 60.0 Å². The normalized spacial score (nSPS) is 10.4. The van der Waals surface area contributed by atoms with Gasteiger partial charge in [-0.2, -0.15) is 5.48 Å². The highest BCUT2D eigenvalue weighted by molar-refractivity contribution is 5.40. The van der Waals surface area contributed by atoms with E-state index in [9.17, 15) is 5.11 Å². The van der Waals surface area contributed by atoms with Crippen molar-refractivity contribution in [3.63, 3.8) is 0 Å². The predicted octanol–water partition coefficient (Wildman–Crippen LogP) is 2.63. The molecule has 0 saturated carbocycles. The van der Waals surface area contributed by atoms with Crippen LogP contribution in [0.3, 0.4) is 0 Å². The Morgan fingerprint density at radius 2 is 1.76 bits per heavy atom. The van der Waals surface area contributed by atoms with E-state index in [0.29, 0.717) is 13.2 Å². The fourth-order valence-corrected chi connectivity index (χ4v) is 1.85. The van der Waals surface area contributed by atoms with Crippen molar-refractivity contribution in [1.82, 2.24) is 5.48 Å². The number of methoxy groups -OCH3 is 2. The summed E-state index contributed by atoms with van der Waals surface area (Å²) < 4.78 is 10.5. The number of hydrogen-bond donors (Lipinski definition) is 2. The van der Waals surface area contributed by atoms with Gasteiger partial charge in [-0.05, 0) is 23.8 Å². The van der Waals surface area contributed by atoms with Crippen LogP contribution in [0.4, 0.5) is 0 Å². The molecular formula is C16H19NO4. The van der Waals surface area contributed by atoms with Crippen molar-refractivity contribution in [3.05, 3.63) is 53.6 Å². The predicted molar refractivity (Wildman–Crippen MR) is 79.3 cm³/mol. The maximum absolute atomic E-state index is 9.20. The van der Waals surface area contributed by atoms with Gasteiger partial charge in [0, 0.05) is 18.2 Å². The van der Waals surface area contributed by atoms with E-state index in [1.807, 2.05) is 30.3 Å². The molecule has 0 spiro atoms. The third-order valence-electron chi connectivity index (χ3n) is 3.03. The lowest BCUT2D eigenvalue weighted by atomic mass is 10.2. The lowest BCUT2D eigenvalue weighted by Crippen LogP contribution is -2.14. The van der Waals surface area contributed by atoms with Crippen LogP contribution in [0.1, 0.15) is 11.1 Å². The molecule has 0 amide bonds. The van der Waals surface area contributed by atoms with E-state index in [4.69, 9.17) is 14.3 Å². The standard InChI is InChI=1S/C16H19NO4/c1-19-15-8-5-13(16(9-15)20-2)10-17-21-11-12-3-6-14(18)7-4-12/h3-9,17-18H,10-11H2,1-2H3. The zero-order valence-corrected chi connectivity index (χ0v) is 12.1. The Kier molecular flexibility index (Phi) is 5.43. The first-order chi connectivity index (χ1) is 10.2. The number of benzene rings is 2. The van der Waals surface area contributed by atoms with Gasteiger partial charge in [-0.1, -0.05) is 18.2 Å². The van der Waals surface area contributed by atoms with Gasteiger partial charge in [0.2, 0.25) is 0 Å². The van der Waals surface area contributed by atoms with Gasteiger partial charge < -0.3 is 14.6 Å². The summed E-state index contributed by atoms with van der Waals surface area (Å²) in [5.41, 5.74) is 4.84. The van der Waals surface area contributed by atoms with Crippen LogP contribution in [0.5, 0.6) is 17.2 Å². The summed E-state index contributed by atoms with van der Waals surface area (Å²) in [5, 5.41) is 9.20. The van der Waals surface area contributed by atoms with Crippen LogP contribution in [0.25, 0.3) is 0 Å². The van der Waals surface area contributed by atoms with E-state index in [1.54, 1.807) is 26.4 Å². The quantitative estimate of drug-likeness (QED) is 0.606. The highest BCUT2D eigenvalue weighted by Crippen LogP contribution is 2.24. The molecule has 2 rings (SSSR count). The molecule has 0 radical (unpaired) electrons. The van der Waals surface area contributed by atoms with Crippen LogP contribution < -0.4 is 15.0 Å². The second kappa shape index (κ2) is 7.52. The summed E-state index contributed by atoms with van der Waals surface area (Å²) in [5.74, 6) is 1.74. The highest BCUT2D eigenvalue weighted by atomic mass is 16.6. The molecule has 0 unspecified atom stereocenters. The Labute approximate surface area is 124 Å². The van der Waals surface area contributed by atoms with Crippen LogP contribution in [0, 0.1) is 0 Å². The van der Waals surface area contributed by atoms with Gasteiger partial charge in [0.05, 0.1) is 20.8 Å². The number of aromatic hydroxyl groups is 1. The molecule has 2 aromatic rings. The maximum atomic E-state index is 9.20. The first kappa shape index (κ1) is 15.2. The highest BCUT2D eigenvalue weighted by Gasteiger charge is 2.04. The van der Waals surface area contributed by atoms with Crippen molar-refractivity contribution < 1.29 is 19.4 Å². The average molecular weight is 289 g/mol. The second-order valence-corrected chi connectivity index (χ2v) is 4.45. The molecule has 0 aliphatic carbocycles. The molecule has 0 heterocycles. The molecule has 0 aliphatic rings. The number of hydroxylamine groups is 1. The summed E-state index contributed by atoms with van der Waals surface area (Å²) in [6.45, 7) is 0.935. The van der Waals surface area contributed by atoms with Crippen molar-refractivity contribution in [3.8, 4) is 17.2 Å². The van der Waals surface area contributed by atoms with Crippen molar-refractivity contribution >= 4 is 0 Å². The van der Waals surface area contributed by atoms with Crippen molar-refractivity contribution in [2.24, 2.45) is 0 Å². The minimum atomic E-state index is 0.245. The molecule has 0 fully saturated rings. The number of phenols is 1. The molecule has 0 atom stereocenters. The number of phenolic OH excluding ortho intramolecular Hbond substituents is 1. The van der Waals surface area contributed by atoms with Gasteiger partial charge in [0.1, 0.15) is 17.2 Å². The lowest BCUT2D eigenvalue weighted by molar-refractivity contribution is 0.0231. The zero-order chi connectivity index (χ0) is 15.1. The first-order valence-corrected chi connectivity index (χ1v) is 6.56. The first-order valence-electron chi connectivity index (χ1n) is 6.56. The van der Waals surface area contributed by atoms with E-state index >= 15 is 0 Å². The van der Waals surface area contributed by atoms with Gasteiger partial charge in [0.25, 0.3) is 0 Å². The molecule has 2 N–H and O–H groups in total. The van der Waals surface area contributed by atoms with Gasteiger partial charge in [0.15, 0.2) is 0 Å². The van der Waals surface area contributed by atoms with Crippen LogP contribution in [-0.2, 0) is 18.0 Å². The number of hydrogen-bond acceptors (Lipinski definition) is 5. The Morgan fingerprint density at radius 1 is 1.00 bits per heavy atom. The number of ether oxygens (including phenoxy) is 2. The molecule has 112 valence electrons. The summed E-state index contributed by atoms with van der Waals surface area (Å²) in [7, 11) is 3.24. The Morgan fingerprint density at radius 3 is 2.43 bits per heavy atom. The lowest BCUT2D eigenvalue weighted by Gasteiger charge is -2.11. The summed E-state index contributed by atoms with van der Waals surface area (Å²) in [4.78, 5) is 5.40. The number of rotatable bonds is 7. The summed E-state index contributed by atoms with van der Waals surface area (Å²) in [6, 6.07) is 12.5. The molecule has 21 heavy (non-hydrogen) atoms. The minimum Gasteiger partial charge on any atom is -0.508 e. The van der Waals surface area contributed by atoms with Crippen molar-refractivity contribution in [1.29, 1.82) is 0 Å². The average Bonchev–Trinajstić information content (AvgIpc) is 2.53. The molecule has 0 aliphatic heterocycles. The zero-order valence-electron chi connectivity index (χ0n) is 12.1. The molecule has 2 aromatic carbocycles. The largest absolute Gasteiger partial charge is 0.508 e. The third-order valence-corrected chi connectivity index (χ3v) is 3.03. The van der Waals surface area contributed by atoms with Crippen molar-refractivity contribution in [2.75, 3.05) is 14.2 Å². The summed E-state index contributed by atoms with van der Waals surface area (Å²) >= 11 is 0. The van der Waals surface area contributed by atoms with Crippen LogP contribution in [0.2, 0.25) is 0 Å². The van der Waals surface area contributed by atoms with Crippen molar-refractivity contribution in [2.45, 2.75) is 13.2 Å². The Bertz CT molecular complexity index is 569. The molecule has 5 nitrogen and oxygen atoms in total. The number of nitrogens with one attached hydrogen (secondary N) is 1. The minimum absolute atomic E-state index is 0.245. The molecular weight excluding hydrogens is 270 g/mol. The molecule has 0 bridgehead atoms. The van der Waals surface area contributed by atoms with E-state index in [1.165, 1.54) is 0 Å².